The smallest absolute Gasteiger partial charge is 0.343 e. The second-order valence-corrected chi connectivity index (χ2v) is 5.16. The number of pyridine rings is 1. The Morgan fingerprint density at radius 2 is 1.84 bits per heavy atom. The van der Waals surface area contributed by atoms with Crippen molar-refractivity contribution in [1.82, 2.24) is 4.98 Å². The zero-order valence-electron chi connectivity index (χ0n) is 13.7. The van der Waals surface area contributed by atoms with Gasteiger partial charge in [-0.2, -0.15) is 0 Å². The van der Waals surface area contributed by atoms with Crippen LogP contribution in [0.5, 0.6) is 11.6 Å². The SMILES string of the molecule is CCOc1ccc(Cl)c(C(=O)Nc2ccc(OCC(=O)OC)cc2)n1. The number of methoxy groups -OCH3 is 1. The summed E-state index contributed by atoms with van der Waals surface area (Å²) in [5.74, 6) is -0.149. The molecule has 0 saturated carbocycles. The van der Waals surface area contributed by atoms with Crippen LogP contribution in [-0.2, 0) is 9.53 Å². The van der Waals surface area contributed by atoms with E-state index in [-0.39, 0.29) is 17.3 Å². The molecule has 25 heavy (non-hydrogen) atoms. The normalized spacial score (nSPS) is 10.0. The summed E-state index contributed by atoms with van der Waals surface area (Å²) in [5, 5.41) is 2.90. The molecular formula is C17H17ClN2O5. The van der Waals surface area contributed by atoms with Gasteiger partial charge in [0.2, 0.25) is 5.88 Å². The maximum atomic E-state index is 12.3. The lowest BCUT2D eigenvalue weighted by atomic mass is 10.2. The van der Waals surface area contributed by atoms with Crippen molar-refractivity contribution in [2.24, 2.45) is 0 Å². The molecule has 2 rings (SSSR count). The summed E-state index contributed by atoms with van der Waals surface area (Å²) in [5.41, 5.74) is 0.591. The number of nitrogens with one attached hydrogen (secondary N) is 1. The summed E-state index contributed by atoms with van der Waals surface area (Å²) in [6.07, 6.45) is 0. The second kappa shape index (κ2) is 8.89. The van der Waals surface area contributed by atoms with Crippen LogP contribution in [0.4, 0.5) is 5.69 Å². The van der Waals surface area contributed by atoms with E-state index >= 15 is 0 Å². The Hall–Kier alpha value is -2.80. The Kier molecular flexibility index (Phi) is 6.59. The van der Waals surface area contributed by atoms with Gasteiger partial charge in [-0.05, 0) is 37.3 Å². The lowest BCUT2D eigenvalue weighted by Gasteiger charge is -2.09. The zero-order chi connectivity index (χ0) is 18.2. The van der Waals surface area contributed by atoms with Gasteiger partial charge < -0.3 is 19.5 Å². The van der Waals surface area contributed by atoms with Gasteiger partial charge in [0.1, 0.15) is 5.75 Å². The standard InChI is InChI=1S/C17H17ClN2O5/c1-3-24-14-9-8-13(18)16(20-14)17(22)19-11-4-6-12(7-5-11)25-10-15(21)23-2/h4-9H,3,10H2,1-2H3,(H,19,22). The van der Waals surface area contributed by atoms with Crippen molar-refractivity contribution in [2.75, 3.05) is 25.6 Å². The van der Waals surface area contributed by atoms with Crippen LogP contribution in [0, 0.1) is 0 Å². The molecule has 132 valence electrons. The van der Waals surface area contributed by atoms with E-state index in [9.17, 15) is 9.59 Å². The topological polar surface area (TPSA) is 86.8 Å². The van der Waals surface area contributed by atoms with Gasteiger partial charge in [0.15, 0.2) is 12.3 Å². The summed E-state index contributed by atoms with van der Waals surface area (Å²) in [6, 6.07) is 9.64. The van der Waals surface area contributed by atoms with E-state index in [1.54, 1.807) is 36.4 Å². The number of amides is 1. The minimum Gasteiger partial charge on any atom is -0.482 e. The Labute approximate surface area is 149 Å². The molecule has 0 aliphatic carbocycles. The van der Waals surface area contributed by atoms with Gasteiger partial charge in [-0.25, -0.2) is 9.78 Å². The van der Waals surface area contributed by atoms with Crippen molar-refractivity contribution in [1.29, 1.82) is 0 Å². The molecule has 0 unspecified atom stereocenters. The summed E-state index contributed by atoms with van der Waals surface area (Å²) >= 11 is 6.02. The molecule has 7 nitrogen and oxygen atoms in total. The number of aromatic nitrogens is 1. The van der Waals surface area contributed by atoms with E-state index in [1.807, 2.05) is 6.92 Å². The van der Waals surface area contributed by atoms with Crippen molar-refractivity contribution in [3.8, 4) is 11.6 Å². The first-order valence-corrected chi connectivity index (χ1v) is 7.81. The number of hydrogen-bond donors (Lipinski definition) is 1. The largest absolute Gasteiger partial charge is 0.482 e. The Balaban J connectivity index is 2.03. The number of nitrogens with zero attached hydrogens (tertiary/aromatic N) is 1. The maximum absolute atomic E-state index is 12.3. The second-order valence-electron chi connectivity index (χ2n) is 4.76. The number of carbonyl (C=O) groups is 2. The van der Waals surface area contributed by atoms with E-state index in [2.05, 4.69) is 15.0 Å². The minimum atomic E-state index is -0.479. The van der Waals surface area contributed by atoms with E-state index in [1.165, 1.54) is 7.11 Å². The molecule has 8 heteroatoms. The summed E-state index contributed by atoms with van der Waals surface area (Å²) in [4.78, 5) is 27.4. The molecule has 0 radical (unpaired) electrons. The maximum Gasteiger partial charge on any atom is 0.343 e. The fourth-order valence-corrected chi connectivity index (χ4v) is 2.03. The third-order valence-electron chi connectivity index (χ3n) is 3.02. The predicted octanol–water partition coefficient (Wildman–Crippen LogP) is 2.94. The minimum absolute atomic E-state index is 0.0682. The number of rotatable bonds is 7. The quantitative estimate of drug-likeness (QED) is 0.760. The highest BCUT2D eigenvalue weighted by Gasteiger charge is 2.14. The lowest BCUT2D eigenvalue weighted by Crippen LogP contribution is -2.15. The highest BCUT2D eigenvalue weighted by molar-refractivity contribution is 6.34. The van der Waals surface area contributed by atoms with Crippen LogP contribution in [-0.4, -0.2) is 37.2 Å². The molecule has 0 saturated heterocycles. The van der Waals surface area contributed by atoms with Crippen LogP contribution in [0.25, 0.3) is 0 Å². The van der Waals surface area contributed by atoms with Crippen LogP contribution in [0.1, 0.15) is 17.4 Å². The van der Waals surface area contributed by atoms with Gasteiger partial charge in [0.25, 0.3) is 5.91 Å². The highest BCUT2D eigenvalue weighted by Crippen LogP contribution is 2.21. The molecule has 1 aromatic carbocycles. The molecule has 0 fully saturated rings. The third-order valence-corrected chi connectivity index (χ3v) is 3.33. The number of halogens is 1. The Bertz CT molecular complexity index is 749. The number of hydrogen-bond acceptors (Lipinski definition) is 6. The number of benzene rings is 1. The predicted molar refractivity (Wildman–Crippen MR) is 92.3 cm³/mol. The first-order valence-electron chi connectivity index (χ1n) is 7.44. The van der Waals surface area contributed by atoms with Crippen LogP contribution in [0.15, 0.2) is 36.4 Å². The van der Waals surface area contributed by atoms with Crippen LogP contribution < -0.4 is 14.8 Å². The molecule has 0 aliphatic rings. The first-order chi connectivity index (χ1) is 12.0. The van der Waals surface area contributed by atoms with E-state index in [0.717, 1.165) is 0 Å². The van der Waals surface area contributed by atoms with Crippen molar-refractivity contribution in [2.45, 2.75) is 6.92 Å². The van der Waals surface area contributed by atoms with E-state index in [4.69, 9.17) is 21.1 Å². The van der Waals surface area contributed by atoms with Crippen molar-refractivity contribution < 1.29 is 23.8 Å². The van der Waals surface area contributed by atoms with Gasteiger partial charge in [-0.15, -0.1) is 0 Å². The van der Waals surface area contributed by atoms with Crippen LogP contribution in [0.3, 0.4) is 0 Å². The van der Waals surface area contributed by atoms with Gasteiger partial charge in [-0.1, -0.05) is 11.6 Å². The van der Waals surface area contributed by atoms with E-state index < -0.39 is 11.9 Å². The molecule has 1 N–H and O–H groups in total. The van der Waals surface area contributed by atoms with Gasteiger partial charge in [0, 0.05) is 11.8 Å². The number of ether oxygens (including phenoxy) is 3. The summed E-state index contributed by atoms with van der Waals surface area (Å²) < 4.78 is 15.0. The molecule has 0 atom stereocenters. The van der Waals surface area contributed by atoms with Crippen molar-refractivity contribution >= 4 is 29.2 Å². The van der Waals surface area contributed by atoms with Crippen molar-refractivity contribution in [3.63, 3.8) is 0 Å². The summed E-state index contributed by atoms with van der Waals surface area (Å²) in [6.45, 7) is 2.06. The monoisotopic (exact) mass is 364 g/mol. The number of esters is 1. The Morgan fingerprint density at radius 3 is 2.48 bits per heavy atom. The third kappa shape index (κ3) is 5.36. The molecule has 2 aromatic rings. The molecule has 1 aromatic heterocycles. The first kappa shape index (κ1) is 18.5. The van der Waals surface area contributed by atoms with E-state index in [0.29, 0.717) is 23.9 Å². The molecule has 0 bridgehead atoms. The summed E-state index contributed by atoms with van der Waals surface area (Å²) in [7, 11) is 1.28. The van der Waals surface area contributed by atoms with Crippen molar-refractivity contribution in [3.05, 3.63) is 47.1 Å². The lowest BCUT2D eigenvalue weighted by molar-refractivity contribution is -0.142. The number of anilines is 1. The van der Waals surface area contributed by atoms with Gasteiger partial charge in [-0.3, -0.25) is 4.79 Å². The van der Waals surface area contributed by atoms with Gasteiger partial charge in [0.05, 0.1) is 18.7 Å². The molecule has 0 aliphatic heterocycles. The fourth-order valence-electron chi connectivity index (χ4n) is 1.84. The fraction of sp³-hybridized carbons (Fsp3) is 0.235. The van der Waals surface area contributed by atoms with Gasteiger partial charge >= 0.3 is 5.97 Å². The molecular weight excluding hydrogens is 348 g/mol. The Morgan fingerprint density at radius 1 is 1.12 bits per heavy atom. The molecule has 1 amide bonds. The zero-order valence-corrected chi connectivity index (χ0v) is 14.5. The molecule has 0 spiro atoms. The van der Waals surface area contributed by atoms with Crippen LogP contribution >= 0.6 is 11.6 Å². The van der Waals surface area contributed by atoms with Crippen LogP contribution in [0.2, 0.25) is 5.02 Å². The average molecular weight is 365 g/mol. The average Bonchev–Trinajstić information content (AvgIpc) is 2.62. The number of carbonyl (C=O) groups excluding carboxylic acids is 2. The highest BCUT2D eigenvalue weighted by atomic mass is 35.5. The molecule has 1 heterocycles.